The lowest BCUT2D eigenvalue weighted by Crippen LogP contribution is -2.20. The van der Waals surface area contributed by atoms with Gasteiger partial charge in [0.1, 0.15) is 5.75 Å². The number of benzene rings is 2. The zero-order valence-electron chi connectivity index (χ0n) is 15.5. The molecule has 0 radical (unpaired) electrons. The van der Waals surface area contributed by atoms with E-state index in [-0.39, 0.29) is 23.6 Å². The smallest absolute Gasteiger partial charge is 0.270 e. The Morgan fingerprint density at radius 2 is 1.71 bits per heavy atom. The molecule has 2 aromatic carbocycles. The van der Waals surface area contributed by atoms with Crippen LogP contribution in [0.2, 0.25) is 0 Å². The van der Waals surface area contributed by atoms with Crippen molar-refractivity contribution < 1.29 is 28.7 Å². The van der Waals surface area contributed by atoms with Crippen LogP contribution in [0, 0.1) is 10.1 Å². The molecule has 2 aromatic rings. The first kappa shape index (κ1) is 20.7. The van der Waals surface area contributed by atoms with E-state index in [0.29, 0.717) is 36.7 Å². The highest BCUT2D eigenvalue weighted by atomic mass is 16.6. The van der Waals surface area contributed by atoms with Gasteiger partial charge in [0.25, 0.3) is 11.6 Å². The third-order valence-corrected chi connectivity index (χ3v) is 3.52. The molecule has 0 spiro atoms. The van der Waals surface area contributed by atoms with Crippen molar-refractivity contribution in [3.8, 4) is 17.2 Å². The van der Waals surface area contributed by atoms with Crippen LogP contribution in [-0.2, 0) is 4.79 Å². The average molecular weight is 388 g/mol. The molecule has 9 nitrogen and oxygen atoms in total. The molecule has 0 aliphatic carbocycles. The van der Waals surface area contributed by atoms with E-state index in [9.17, 15) is 19.7 Å². The highest BCUT2D eigenvalue weighted by Gasteiger charge is 2.13. The molecule has 0 aliphatic rings. The third kappa shape index (κ3) is 5.44. The zero-order valence-corrected chi connectivity index (χ0v) is 15.5. The van der Waals surface area contributed by atoms with Gasteiger partial charge in [-0.15, -0.1) is 0 Å². The maximum Gasteiger partial charge on any atom is 0.270 e. The van der Waals surface area contributed by atoms with Crippen molar-refractivity contribution in [3.05, 3.63) is 52.1 Å². The minimum atomic E-state index is -0.620. The van der Waals surface area contributed by atoms with Gasteiger partial charge in [-0.3, -0.25) is 19.7 Å². The Morgan fingerprint density at radius 3 is 2.36 bits per heavy atom. The van der Waals surface area contributed by atoms with Gasteiger partial charge < -0.3 is 19.5 Å². The van der Waals surface area contributed by atoms with Crippen LogP contribution in [0.15, 0.2) is 36.4 Å². The van der Waals surface area contributed by atoms with E-state index in [1.54, 1.807) is 18.2 Å². The number of non-ortho nitro benzene ring substituents is 1. The van der Waals surface area contributed by atoms with Gasteiger partial charge in [0.2, 0.25) is 0 Å². The second kappa shape index (κ2) is 9.91. The van der Waals surface area contributed by atoms with Gasteiger partial charge in [-0.25, -0.2) is 0 Å². The number of nitro groups is 1. The van der Waals surface area contributed by atoms with E-state index in [1.807, 2.05) is 13.8 Å². The Hall–Kier alpha value is -3.62. The van der Waals surface area contributed by atoms with Crippen LogP contribution in [0.5, 0.6) is 17.2 Å². The summed E-state index contributed by atoms with van der Waals surface area (Å²) in [6.45, 7) is 4.23. The van der Waals surface area contributed by atoms with Gasteiger partial charge in [-0.2, -0.15) is 0 Å². The summed E-state index contributed by atoms with van der Waals surface area (Å²) in [5, 5.41) is 13.4. The van der Waals surface area contributed by atoms with Crippen LogP contribution in [-0.4, -0.2) is 36.9 Å². The van der Waals surface area contributed by atoms with Gasteiger partial charge in [0, 0.05) is 23.9 Å². The number of amides is 1. The summed E-state index contributed by atoms with van der Waals surface area (Å²) in [6, 6.07) is 8.54. The summed E-state index contributed by atoms with van der Waals surface area (Å²) in [4.78, 5) is 33.4. The minimum absolute atomic E-state index is 0.0123. The summed E-state index contributed by atoms with van der Waals surface area (Å²) in [6.07, 6.45) is 0.432. The van der Waals surface area contributed by atoms with Crippen molar-refractivity contribution in [2.45, 2.75) is 13.8 Å². The van der Waals surface area contributed by atoms with Crippen molar-refractivity contribution in [2.75, 3.05) is 25.1 Å². The number of nitrogens with one attached hydrogen (secondary N) is 1. The van der Waals surface area contributed by atoms with Gasteiger partial charge >= 0.3 is 0 Å². The molecule has 0 atom stereocenters. The number of carbonyl (C=O) groups is 2. The molecule has 1 N–H and O–H groups in total. The number of nitrogens with zero attached hydrogens (tertiary/aromatic N) is 1. The highest BCUT2D eigenvalue weighted by Crippen LogP contribution is 2.30. The van der Waals surface area contributed by atoms with E-state index in [0.717, 1.165) is 6.07 Å². The molecule has 9 heteroatoms. The fourth-order valence-electron chi connectivity index (χ4n) is 2.34. The number of hydrogen-bond donors (Lipinski definition) is 1. The Kier molecular flexibility index (Phi) is 7.32. The van der Waals surface area contributed by atoms with Crippen molar-refractivity contribution in [2.24, 2.45) is 0 Å². The van der Waals surface area contributed by atoms with Crippen LogP contribution in [0.3, 0.4) is 0 Å². The largest absolute Gasteiger partial charge is 0.490 e. The monoisotopic (exact) mass is 388 g/mol. The number of hydrogen-bond acceptors (Lipinski definition) is 7. The fraction of sp³-hybridized carbons (Fsp3) is 0.263. The summed E-state index contributed by atoms with van der Waals surface area (Å²) < 4.78 is 16.3. The predicted molar refractivity (Wildman–Crippen MR) is 101 cm³/mol. The van der Waals surface area contributed by atoms with E-state index in [4.69, 9.17) is 14.2 Å². The first-order chi connectivity index (χ1) is 13.5. The molecular weight excluding hydrogens is 368 g/mol. The van der Waals surface area contributed by atoms with Gasteiger partial charge in [0.15, 0.2) is 24.4 Å². The lowest BCUT2D eigenvalue weighted by Gasteiger charge is -2.13. The van der Waals surface area contributed by atoms with Crippen molar-refractivity contribution in [3.63, 3.8) is 0 Å². The summed E-state index contributed by atoms with van der Waals surface area (Å²) >= 11 is 0. The Bertz CT molecular complexity index is 867. The molecule has 0 fully saturated rings. The molecule has 28 heavy (non-hydrogen) atoms. The number of aldehydes is 1. The quantitative estimate of drug-likeness (QED) is 0.377. The van der Waals surface area contributed by atoms with E-state index in [1.165, 1.54) is 12.1 Å². The standard InChI is InChI=1S/C19H20N2O7/c1-3-26-17-7-5-14(10-18(17)27-4-2)20-19(23)12-28-16-8-6-15(21(24)25)9-13(16)11-22/h5-11H,3-4,12H2,1-2H3,(H,20,23). The minimum Gasteiger partial charge on any atom is -0.490 e. The molecule has 0 aliphatic heterocycles. The first-order valence-corrected chi connectivity index (χ1v) is 8.54. The molecule has 0 bridgehead atoms. The lowest BCUT2D eigenvalue weighted by atomic mass is 10.2. The molecule has 2 rings (SSSR count). The average Bonchev–Trinajstić information content (AvgIpc) is 2.68. The van der Waals surface area contributed by atoms with Gasteiger partial charge in [-0.05, 0) is 32.0 Å². The van der Waals surface area contributed by atoms with Crippen LogP contribution >= 0.6 is 0 Å². The molecule has 0 aromatic heterocycles. The Labute approximate surface area is 161 Å². The zero-order chi connectivity index (χ0) is 20.5. The van der Waals surface area contributed by atoms with Crippen LogP contribution in [0.1, 0.15) is 24.2 Å². The maximum atomic E-state index is 12.1. The van der Waals surface area contributed by atoms with E-state index >= 15 is 0 Å². The Balaban J connectivity index is 2.03. The van der Waals surface area contributed by atoms with Gasteiger partial charge in [0.05, 0.1) is 23.7 Å². The van der Waals surface area contributed by atoms with E-state index in [2.05, 4.69) is 5.32 Å². The van der Waals surface area contributed by atoms with Gasteiger partial charge in [-0.1, -0.05) is 0 Å². The topological polar surface area (TPSA) is 117 Å². The predicted octanol–water partition coefficient (Wildman–Crippen LogP) is 3.22. The molecule has 0 saturated carbocycles. The normalized spacial score (nSPS) is 10.1. The number of nitro benzene ring substituents is 1. The molecule has 148 valence electrons. The molecule has 0 saturated heterocycles. The van der Waals surface area contributed by atoms with Crippen molar-refractivity contribution >= 4 is 23.6 Å². The summed E-state index contributed by atoms with van der Waals surface area (Å²) in [7, 11) is 0. The van der Waals surface area contributed by atoms with Crippen LogP contribution in [0.25, 0.3) is 0 Å². The fourth-order valence-corrected chi connectivity index (χ4v) is 2.34. The molecular formula is C19H20N2O7. The van der Waals surface area contributed by atoms with Crippen LogP contribution in [0.4, 0.5) is 11.4 Å². The van der Waals surface area contributed by atoms with E-state index < -0.39 is 10.8 Å². The second-order valence-electron chi connectivity index (χ2n) is 5.46. The highest BCUT2D eigenvalue weighted by molar-refractivity contribution is 5.92. The Morgan fingerprint density at radius 1 is 1.04 bits per heavy atom. The summed E-state index contributed by atoms with van der Waals surface area (Å²) in [5.41, 5.74) is 0.234. The molecule has 0 unspecified atom stereocenters. The first-order valence-electron chi connectivity index (χ1n) is 8.54. The van der Waals surface area contributed by atoms with Crippen molar-refractivity contribution in [1.82, 2.24) is 0 Å². The number of carbonyl (C=O) groups excluding carboxylic acids is 2. The lowest BCUT2D eigenvalue weighted by molar-refractivity contribution is -0.384. The number of anilines is 1. The SMILES string of the molecule is CCOc1ccc(NC(=O)COc2ccc([N+](=O)[O-])cc2C=O)cc1OCC. The third-order valence-electron chi connectivity index (χ3n) is 3.52. The second-order valence-corrected chi connectivity index (χ2v) is 5.46. The molecule has 1 amide bonds. The number of ether oxygens (including phenoxy) is 3. The van der Waals surface area contributed by atoms with Crippen molar-refractivity contribution in [1.29, 1.82) is 0 Å². The number of rotatable bonds is 10. The maximum absolute atomic E-state index is 12.1. The molecule has 0 heterocycles. The van der Waals surface area contributed by atoms with Crippen LogP contribution < -0.4 is 19.5 Å². The summed E-state index contributed by atoms with van der Waals surface area (Å²) in [5.74, 6) is 0.682.